The summed E-state index contributed by atoms with van der Waals surface area (Å²) in [6.07, 6.45) is 0. The van der Waals surface area contributed by atoms with E-state index in [4.69, 9.17) is 9.72 Å². The standard InChI is InChI=1S/C35H27N3O3/c1-24(39)36-27-16-20-29(21-17-27)41-30-22-18-28(19-23-30)38-34(26-12-6-3-7-13-26)33(25-10-4-2-5-11-25)37-35(38)31-14-8-9-15-32(31)40/h2-23,40H,1H3,(H,36,39). The van der Waals surface area contributed by atoms with Crippen LogP contribution < -0.4 is 10.1 Å². The maximum atomic E-state index is 11.3. The molecule has 0 spiro atoms. The van der Waals surface area contributed by atoms with Crippen molar-refractivity contribution in [3.8, 4) is 56.8 Å². The van der Waals surface area contributed by atoms with Gasteiger partial charge in [-0.1, -0.05) is 72.8 Å². The lowest BCUT2D eigenvalue weighted by atomic mass is 10.0. The fraction of sp³-hybridized carbons (Fsp3) is 0.0286. The van der Waals surface area contributed by atoms with E-state index in [-0.39, 0.29) is 11.7 Å². The first-order valence-corrected chi connectivity index (χ1v) is 13.2. The number of anilines is 1. The van der Waals surface area contributed by atoms with Crippen LogP contribution in [0.4, 0.5) is 5.69 Å². The molecule has 6 rings (SSSR count). The second kappa shape index (κ2) is 11.2. The molecule has 200 valence electrons. The highest BCUT2D eigenvalue weighted by atomic mass is 16.5. The summed E-state index contributed by atoms with van der Waals surface area (Å²) < 4.78 is 8.16. The lowest BCUT2D eigenvalue weighted by molar-refractivity contribution is -0.114. The van der Waals surface area contributed by atoms with E-state index in [1.807, 2.05) is 97.1 Å². The summed E-state index contributed by atoms with van der Waals surface area (Å²) in [5.41, 5.74) is 5.91. The van der Waals surface area contributed by atoms with E-state index >= 15 is 0 Å². The molecular formula is C35H27N3O3. The van der Waals surface area contributed by atoms with Crippen molar-refractivity contribution in [1.29, 1.82) is 0 Å². The van der Waals surface area contributed by atoms with Gasteiger partial charge >= 0.3 is 0 Å². The normalized spacial score (nSPS) is 10.8. The number of imidazole rings is 1. The zero-order valence-electron chi connectivity index (χ0n) is 22.4. The first-order valence-electron chi connectivity index (χ1n) is 13.2. The van der Waals surface area contributed by atoms with Crippen LogP contribution in [0.2, 0.25) is 0 Å². The molecule has 0 unspecified atom stereocenters. The molecular weight excluding hydrogens is 510 g/mol. The summed E-state index contributed by atoms with van der Waals surface area (Å²) in [7, 11) is 0. The van der Waals surface area contributed by atoms with Crippen LogP contribution in [0, 0.1) is 0 Å². The van der Waals surface area contributed by atoms with Crippen LogP contribution in [0.15, 0.2) is 133 Å². The largest absolute Gasteiger partial charge is 0.507 e. The molecule has 6 nitrogen and oxygen atoms in total. The number of rotatable bonds is 7. The molecule has 0 bridgehead atoms. The number of phenols is 1. The second-order valence-corrected chi connectivity index (χ2v) is 9.52. The molecule has 6 heteroatoms. The molecule has 0 aliphatic carbocycles. The number of aromatic nitrogens is 2. The molecule has 0 aliphatic heterocycles. The summed E-state index contributed by atoms with van der Waals surface area (Å²) in [4.78, 5) is 16.4. The van der Waals surface area contributed by atoms with Gasteiger partial charge in [0.05, 0.1) is 17.0 Å². The zero-order chi connectivity index (χ0) is 28.2. The Labute approximate surface area is 238 Å². The summed E-state index contributed by atoms with van der Waals surface area (Å²) in [5, 5.41) is 13.6. The van der Waals surface area contributed by atoms with Gasteiger partial charge in [0.2, 0.25) is 5.91 Å². The third-order valence-corrected chi connectivity index (χ3v) is 6.62. The number of hydrogen-bond acceptors (Lipinski definition) is 4. The van der Waals surface area contributed by atoms with Gasteiger partial charge in [0.25, 0.3) is 0 Å². The van der Waals surface area contributed by atoms with Gasteiger partial charge in [-0.25, -0.2) is 4.98 Å². The highest BCUT2D eigenvalue weighted by Gasteiger charge is 2.23. The van der Waals surface area contributed by atoms with Gasteiger partial charge in [0, 0.05) is 29.4 Å². The molecule has 1 amide bonds. The molecule has 6 aromatic rings. The number of carbonyl (C=O) groups is 1. The minimum Gasteiger partial charge on any atom is -0.507 e. The number of carbonyl (C=O) groups excluding carboxylic acids is 1. The molecule has 41 heavy (non-hydrogen) atoms. The Morgan fingerprint density at radius 2 is 1.27 bits per heavy atom. The summed E-state index contributed by atoms with van der Waals surface area (Å²) >= 11 is 0. The van der Waals surface area contributed by atoms with Gasteiger partial charge in [-0.2, -0.15) is 0 Å². The molecule has 1 aromatic heterocycles. The molecule has 1 heterocycles. The molecule has 0 saturated heterocycles. The van der Waals surface area contributed by atoms with Crippen molar-refractivity contribution in [2.45, 2.75) is 6.92 Å². The van der Waals surface area contributed by atoms with Crippen molar-refractivity contribution in [2.24, 2.45) is 0 Å². The Kier molecular flexibility index (Phi) is 7.03. The zero-order valence-corrected chi connectivity index (χ0v) is 22.4. The Morgan fingerprint density at radius 1 is 0.707 bits per heavy atom. The van der Waals surface area contributed by atoms with Crippen LogP contribution in [0.5, 0.6) is 17.2 Å². The van der Waals surface area contributed by atoms with Gasteiger partial charge in [0.15, 0.2) is 0 Å². The van der Waals surface area contributed by atoms with Crippen LogP contribution in [0.25, 0.3) is 39.6 Å². The number of benzene rings is 5. The number of nitrogens with zero attached hydrogens (tertiary/aromatic N) is 2. The third-order valence-electron chi connectivity index (χ3n) is 6.62. The average Bonchev–Trinajstić information content (AvgIpc) is 3.40. The quantitative estimate of drug-likeness (QED) is 0.215. The Hall–Kier alpha value is -5.62. The number of phenolic OH excluding ortho intramolecular Hbond substituents is 1. The molecule has 0 aliphatic rings. The van der Waals surface area contributed by atoms with Crippen LogP contribution in [0.3, 0.4) is 0 Å². The lowest BCUT2D eigenvalue weighted by Gasteiger charge is -2.15. The SMILES string of the molecule is CC(=O)Nc1ccc(Oc2ccc(-n3c(-c4ccccc4O)nc(-c4ccccc4)c3-c3ccccc3)cc2)cc1. The fourth-order valence-corrected chi connectivity index (χ4v) is 4.78. The number of aromatic hydroxyl groups is 1. The van der Waals surface area contributed by atoms with Crippen molar-refractivity contribution < 1.29 is 14.6 Å². The van der Waals surface area contributed by atoms with Crippen LogP contribution in [-0.2, 0) is 4.79 Å². The number of ether oxygens (including phenoxy) is 1. The number of hydrogen-bond donors (Lipinski definition) is 2. The Morgan fingerprint density at radius 3 is 1.88 bits per heavy atom. The molecule has 0 saturated carbocycles. The third kappa shape index (κ3) is 5.44. The highest BCUT2D eigenvalue weighted by Crippen LogP contribution is 2.40. The lowest BCUT2D eigenvalue weighted by Crippen LogP contribution is -2.05. The molecule has 5 aromatic carbocycles. The molecule has 2 N–H and O–H groups in total. The summed E-state index contributed by atoms with van der Waals surface area (Å²) in [6.45, 7) is 1.48. The van der Waals surface area contributed by atoms with Gasteiger partial charge in [-0.15, -0.1) is 0 Å². The molecule has 0 radical (unpaired) electrons. The van der Waals surface area contributed by atoms with Crippen LogP contribution in [0.1, 0.15) is 6.92 Å². The maximum absolute atomic E-state index is 11.3. The van der Waals surface area contributed by atoms with Gasteiger partial charge < -0.3 is 15.2 Å². The smallest absolute Gasteiger partial charge is 0.221 e. The van der Waals surface area contributed by atoms with Gasteiger partial charge in [0.1, 0.15) is 23.1 Å². The van der Waals surface area contributed by atoms with Crippen molar-refractivity contribution in [3.05, 3.63) is 133 Å². The average molecular weight is 538 g/mol. The maximum Gasteiger partial charge on any atom is 0.221 e. The first kappa shape index (κ1) is 25.6. The van der Waals surface area contributed by atoms with E-state index in [9.17, 15) is 9.90 Å². The predicted molar refractivity (Wildman–Crippen MR) is 162 cm³/mol. The minimum absolute atomic E-state index is 0.123. The van der Waals surface area contributed by atoms with E-state index in [0.29, 0.717) is 28.6 Å². The summed E-state index contributed by atoms with van der Waals surface area (Å²) in [6, 6.07) is 42.4. The van der Waals surface area contributed by atoms with Crippen molar-refractivity contribution in [1.82, 2.24) is 9.55 Å². The van der Waals surface area contributed by atoms with E-state index in [1.54, 1.807) is 24.3 Å². The Bertz CT molecular complexity index is 1790. The van der Waals surface area contributed by atoms with Gasteiger partial charge in [-0.05, 0) is 60.7 Å². The molecule has 0 atom stereocenters. The van der Waals surface area contributed by atoms with Crippen molar-refractivity contribution >= 4 is 11.6 Å². The van der Waals surface area contributed by atoms with Gasteiger partial charge in [-0.3, -0.25) is 9.36 Å². The first-order chi connectivity index (χ1) is 20.1. The number of nitrogens with one attached hydrogen (secondary N) is 1. The monoisotopic (exact) mass is 537 g/mol. The van der Waals surface area contributed by atoms with E-state index in [1.165, 1.54) is 6.92 Å². The van der Waals surface area contributed by atoms with Crippen molar-refractivity contribution in [2.75, 3.05) is 5.32 Å². The van der Waals surface area contributed by atoms with Crippen LogP contribution in [-0.4, -0.2) is 20.6 Å². The fourth-order valence-electron chi connectivity index (χ4n) is 4.78. The highest BCUT2D eigenvalue weighted by molar-refractivity contribution is 5.88. The minimum atomic E-state index is -0.123. The number of para-hydroxylation sites is 1. The van der Waals surface area contributed by atoms with Crippen molar-refractivity contribution in [3.63, 3.8) is 0 Å². The summed E-state index contributed by atoms with van der Waals surface area (Å²) in [5.74, 6) is 1.97. The Balaban J connectivity index is 1.47. The second-order valence-electron chi connectivity index (χ2n) is 9.52. The van der Waals surface area contributed by atoms with E-state index in [2.05, 4.69) is 22.0 Å². The van der Waals surface area contributed by atoms with Crippen LogP contribution >= 0.6 is 0 Å². The topological polar surface area (TPSA) is 76.4 Å². The molecule has 0 fully saturated rings. The van der Waals surface area contributed by atoms with E-state index in [0.717, 1.165) is 28.2 Å². The predicted octanol–water partition coefficient (Wildman–Crippen LogP) is 8.33. The van der Waals surface area contributed by atoms with E-state index < -0.39 is 0 Å². The number of amides is 1.